The fraction of sp³-hybridized carbons (Fsp3) is 0.455. The first-order valence-electron chi connectivity index (χ1n) is 4.86. The van der Waals surface area contributed by atoms with Crippen LogP contribution < -0.4 is 4.74 Å². The molecule has 0 saturated carbocycles. The monoisotopic (exact) mass is 342 g/mol. The number of halogens is 3. The third-order valence-electron chi connectivity index (χ3n) is 1.80. The summed E-state index contributed by atoms with van der Waals surface area (Å²) in [6, 6.07) is 4.72. The van der Waals surface area contributed by atoms with Gasteiger partial charge in [-0.05, 0) is 12.3 Å². The third-order valence-corrected chi connectivity index (χ3v) is 1.80. The van der Waals surface area contributed by atoms with Gasteiger partial charge in [-0.2, -0.15) is 6.07 Å². The van der Waals surface area contributed by atoms with Crippen molar-refractivity contribution in [3.05, 3.63) is 29.8 Å². The van der Waals surface area contributed by atoms with Crippen molar-refractivity contribution in [2.75, 3.05) is 6.61 Å². The van der Waals surface area contributed by atoms with Gasteiger partial charge in [-0.3, -0.25) is 4.39 Å². The summed E-state index contributed by atoms with van der Waals surface area (Å²) >= 11 is 4.25. The summed E-state index contributed by atoms with van der Waals surface area (Å²) < 4.78 is 30.8. The van der Waals surface area contributed by atoms with Gasteiger partial charge in [0.1, 0.15) is 0 Å². The van der Waals surface area contributed by atoms with Gasteiger partial charge in [0.05, 0.1) is 12.4 Å². The molecule has 0 amide bonds. The van der Waals surface area contributed by atoms with Crippen molar-refractivity contribution in [3.63, 3.8) is 0 Å². The van der Waals surface area contributed by atoms with Crippen molar-refractivity contribution in [3.8, 4) is 5.75 Å². The molecule has 0 heterocycles. The maximum absolute atomic E-state index is 13.0. The molecule has 0 saturated heterocycles. The van der Waals surface area contributed by atoms with E-state index in [1.807, 2.05) is 13.8 Å². The number of benzene rings is 1. The molecule has 0 aliphatic heterocycles. The summed E-state index contributed by atoms with van der Waals surface area (Å²) in [6.45, 7) is 4.47. The van der Waals surface area contributed by atoms with Crippen LogP contribution in [0.2, 0.25) is 0 Å². The van der Waals surface area contributed by atoms with Gasteiger partial charge in [0.15, 0.2) is 0 Å². The molecular formula is C11H13BrF2OZn. The Balaban J connectivity index is 0.00000106. The average Bonchev–Trinajstić information content (AvgIpc) is 2.27. The number of ether oxygens (including phenoxy) is 1. The van der Waals surface area contributed by atoms with Crippen LogP contribution >= 0.6 is 13.6 Å². The molecule has 0 bridgehead atoms. The molecule has 1 aromatic rings. The van der Waals surface area contributed by atoms with Crippen molar-refractivity contribution in [2.24, 2.45) is 5.92 Å². The fourth-order valence-corrected chi connectivity index (χ4v) is 0.945. The van der Waals surface area contributed by atoms with E-state index in [0.717, 1.165) is 12.5 Å². The van der Waals surface area contributed by atoms with Crippen molar-refractivity contribution < 1.29 is 29.9 Å². The Morgan fingerprint density at radius 2 is 2.00 bits per heavy atom. The second-order valence-corrected chi connectivity index (χ2v) is 3.51. The molecule has 0 unspecified atom stereocenters. The number of hydrogen-bond acceptors (Lipinski definition) is 1. The molecule has 0 spiro atoms. The van der Waals surface area contributed by atoms with Gasteiger partial charge in [-0.25, -0.2) is 4.39 Å². The average molecular weight is 345 g/mol. The molecule has 0 aliphatic rings. The molecule has 0 fully saturated rings. The van der Waals surface area contributed by atoms with E-state index in [1.165, 1.54) is 22.4 Å². The zero-order valence-corrected chi connectivity index (χ0v) is 13.9. The van der Waals surface area contributed by atoms with Gasteiger partial charge in [-0.1, -0.05) is 13.8 Å². The van der Waals surface area contributed by atoms with E-state index < -0.39 is 11.6 Å². The number of rotatable bonds is 4. The molecule has 1 rings (SSSR count). The van der Waals surface area contributed by atoms with Crippen LogP contribution in [-0.2, 0) is 16.3 Å². The van der Waals surface area contributed by atoms with Crippen LogP contribution in [0.25, 0.3) is 0 Å². The Morgan fingerprint density at radius 3 is 2.56 bits per heavy atom. The molecule has 0 N–H and O–H groups in total. The fourth-order valence-electron chi connectivity index (χ4n) is 0.945. The van der Waals surface area contributed by atoms with E-state index in [-0.39, 0.29) is 5.75 Å². The van der Waals surface area contributed by atoms with Gasteiger partial charge < -0.3 is 4.74 Å². The van der Waals surface area contributed by atoms with E-state index in [2.05, 4.69) is 19.7 Å². The minimum atomic E-state index is -0.937. The Morgan fingerprint density at radius 1 is 1.38 bits per heavy atom. The topological polar surface area (TPSA) is 9.23 Å². The van der Waals surface area contributed by atoms with E-state index in [0.29, 0.717) is 12.5 Å². The molecule has 0 aromatic heterocycles. The summed E-state index contributed by atoms with van der Waals surface area (Å²) in [4.78, 5) is 0. The van der Waals surface area contributed by atoms with Crippen LogP contribution in [0.15, 0.2) is 12.1 Å². The van der Waals surface area contributed by atoms with Crippen LogP contribution in [0.4, 0.5) is 8.78 Å². The minimum absolute atomic E-state index is 0.0642. The number of hydrogen-bond donors (Lipinski definition) is 0. The third kappa shape index (κ3) is 5.90. The first-order chi connectivity index (χ1) is 7.61. The van der Waals surface area contributed by atoms with Crippen LogP contribution in [0.1, 0.15) is 20.3 Å². The Kier molecular flexibility index (Phi) is 9.05. The first-order valence-corrected chi connectivity index (χ1v) is 11.8. The molecule has 16 heavy (non-hydrogen) atoms. The Labute approximate surface area is 112 Å². The van der Waals surface area contributed by atoms with Gasteiger partial charge in [0.2, 0.25) is 0 Å². The zero-order valence-electron chi connectivity index (χ0n) is 9.40. The van der Waals surface area contributed by atoms with Crippen molar-refractivity contribution in [1.29, 1.82) is 0 Å². The summed E-state index contributed by atoms with van der Waals surface area (Å²) in [5.41, 5.74) is 0. The maximum atomic E-state index is 13.0. The van der Waals surface area contributed by atoms with Gasteiger partial charge in [-0.15, -0.1) is 12.1 Å². The second-order valence-electron chi connectivity index (χ2n) is 3.51. The summed E-state index contributed by atoms with van der Waals surface area (Å²) in [5.74, 6) is -1.44. The SMILES string of the molecule is CC(C)CCOc1c[c-]cc(F)c1F.[Zn+][Br]. The predicted molar refractivity (Wildman–Crippen MR) is 59.1 cm³/mol. The van der Waals surface area contributed by atoms with Gasteiger partial charge >= 0.3 is 30.0 Å². The molecule has 5 heteroatoms. The van der Waals surface area contributed by atoms with Crippen LogP contribution in [0, 0.1) is 23.6 Å². The Bertz CT molecular complexity index is 308. The molecular weight excluding hydrogens is 331 g/mol. The second kappa shape index (κ2) is 9.06. The standard InChI is InChI=1S/C11H13F2O.BrH.Zn/c1-8(2)6-7-14-10-5-3-4-9(12)11(10)13;;/h4-5,8H,6-7H2,1-2H3;1H;/q-1;;+2/p-1. The summed E-state index contributed by atoms with van der Waals surface area (Å²) in [6.07, 6.45) is 0.815. The van der Waals surface area contributed by atoms with Crippen LogP contribution in [-0.4, -0.2) is 6.61 Å². The van der Waals surface area contributed by atoms with Crippen LogP contribution in [0.3, 0.4) is 0 Å². The first kappa shape index (κ1) is 16.0. The summed E-state index contributed by atoms with van der Waals surface area (Å²) in [5, 5.41) is 0. The van der Waals surface area contributed by atoms with Gasteiger partial charge in [0, 0.05) is 11.6 Å². The van der Waals surface area contributed by atoms with E-state index in [9.17, 15) is 8.78 Å². The molecule has 1 nitrogen and oxygen atoms in total. The molecule has 0 atom stereocenters. The van der Waals surface area contributed by atoms with E-state index >= 15 is 0 Å². The van der Waals surface area contributed by atoms with Crippen molar-refractivity contribution in [1.82, 2.24) is 0 Å². The van der Waals surface area contributed by atoms with E-state index in [4.69, 9.17) is 4.74 Å². The molecule has 0 aliphatic carbocycles. The van der Waals surface area contributed by atoms with Crippen molar-refractivity contribution >= 4 is 13.6 Å². The predicted octanol–water partition coefficient (Wildman–Crippen LogP) is 4.03. The molecule has 86 valence electrons. The van der Waals surface area contributed by atoms with Crippen LogP contribution in [0.5, 0.6) is 5.75 Å². The van der Waals surface area contributed by atoms with Crippen molar-refractivity contribution in [2.45, 2.75) is 20.3 Å². The van der Waals surface area contributed by atoms with Gasteiger partial charge in [0.25, 0.3) is 0 Å². The zero-order chi connectivity index (χ0) is 12.6. The normalized spacial score (nSPS) is 9.75. The van der Waals surface area contributed by atoms with E-state index in [1.54, 1.807) is 0 Å². The molecule has 1 aromatic carbocycles. The molecule has 0 radical (unpaired) electrons. The summed E-state index contributed by atoms with van der Waals surface area (Å²) in [7, 11) is 0. The quantitative estimate of drug-likeness (QED) is 0.592. The Hall–Kier alpha value is -0.0166.